The molecule has 0 radical (unpaired) electrons. The molecule has 3 heterocycles. The molecule has 1 amide bonds. The molecular formula is C16H19N3O3. The lowest BCUT2D eigenvalue weighted by atomic mass is 9.87. The number of ether oxygens (including phenoxy) is 1. The van der Waals surface area contributed by atoms with Crippen molar-refractivity contribution >= 4 is 5.91 Å². The summed E-state index contributed by atoms with van der Waals surface area (Å²) in [6.07, 6.45) is 6.83. The van der Waals surface area contributed by atoms with E-state index in [2.05, 4.69) is 15.5 Å². The molecule has 1 atom stereocenters. The molecule has 3 rings (SSSR count). The van der Waals surface area contributed by atoms with Crippen LogP contribution in [-0.2, 0) is 4.74 Å². The summed E-state index contributed by atoms with van der Waals surface area (Å²) in [5.41, 5.74) is 1.48. The number of carbonyl (C=O) groups excluding carboxylic acids is 1. The van der Waals surface area contributed by atoms with E-state index in [-0.39, 0.29) is 11.9 Å². The number of nitrogens with zero attached hydrogens (tertiary/aromatic N) is 2. The molecular weight excluding hydrogens is 282 g/mol. The van der Waals surface area contributed by atoms with Crippen LogP contribution in [0.4, 0.5) is 0 Å². The van der Waals surface area contributed by atoms with Gasteiger partial charge in [-0.3, -0.25) is 9.78 Å². The first-order valence-corrected chi connectivity index (χ1v) is 7.45. The van der Waals surface area contributed by atoms with Gasteiger partial charge in [-0.15, -0.1) is 0 Å². The Labute approximate surface area is 128 Å². The zero-order chi connectivity index (χ0) is 15.4. The van der Waals surface area contributed by atoms with Crippen molar-refractivity contribution < 1.29 is 14.1 Å². The number of amides is 1. The molecule has 22 heavy (non-hydrogen) atoms. The number of aromatic nitrogens is 2. The van der Waals surface area contributed by atoms with E-state index in [1.54, 1.807) is 19.3 Å². The summed E-state index contributed by atoms with van der Waals surface area (Å²) in [7, 11) is 0. The Bertz CT molecular complexity index is 621. The highest BCUT2D eigenvalue weighted by Gasteiger charge is 2.28. The molecule has 0 bridgehead atoms. The monoisotopic (exact) mass is 301 g/mol. The van der Waals surface area contributed by atoms with Crippen LogP contribution in [0.3, 0.4) is 0 Å². The van der Waals surface area contributed by atoms with Gasteiger partial charge in [0.1, 0.15) is 11.3 Å². The van der Waals surface area contributed by atoms with Crippen LogP contribution in [-0.4, -0.2) is 29.3 Å². The van der Waals surface area contributed by atoms with E-state index in [1.165, 1.54) is 6.20 Å². The van der Waals surface area contributed by atoms with Gasteiger partial charge in [-0.25, -0.2) is 0 Å². The predicted molar refractivity (Wildman–Crippen MR) is 79.2 cm³/mol. The van der Waals surface area contributed by atoms with E-state index < -0.39 is 0 Å². The van der Waals surface area contributed by atoms with Gasteiger partial charge in [-0.2, -0.15) is 0 Å². The molecule has 1 fully saturated rings. The van der Waals surface area contributed by atoms with Gasteiger partial charge in [0.25, 0.3) is 5.91 Å². The van der Waals surface area contributed by atoms with Crippen molar-refractivity contribution in [1.29, 1.82) is 0 Å². The van der Waals surface area contributed by atoms with Crippen molar-refractivity contribution in [1.82, 2.24) is 15.5 Å². The lowest BCUT2D eigenvalue weighted by Gasteiger charge is -2.31. The molecule has 0 aromatic carbocycles. The summed E-state index contributed by atoms with van der Waals surface area (Å²) in [4.78, 5) is 16.7. The third-order valence-corrected chi connectivity index (χ3v) is 4.06. The van der Waals surface area contributed by atoms with Gasteiger partial charge in [-0.05, 0) is 37.3 Å². The molecule has 6 nitrogen and oxygen atoms in total. The number of hydrogen-bond acceptors (Lipinski definition) is 5. The largest absolute Gasteiger partial charge is 0.381 e. The van der Waals surface area contributed by atoms with Crippen molar-refractivity contribution in [3.63, 3.8) is 0 Å². The second-order valence-electron chi connectivity index (χ2n) is 5.48. The zero-order valence-corrected chi connectivity index (χ0v) is 12.5. The molecule has 2 aromatic rings. The van der Waals surface area contributed by atoms with Crippen molar-refractivity contribution in [2.75, 3.05) is 13.2 Å². The maximum atomic E-state index is 12.5. The number of hydrogen-bond donors (Lipinski definition) is 1. The van der Waals surface area contributed by atoms with Gasteiger partial charge in [0, 0.05) is 25.6 Å². The normalized spacial score (nSPS) is 17.1. The Kier molecular flexibility index (Phi) is 4.48. The number of rotatable bonds is 4. The van der Waals surface area contributed by atoms with Crippen LogP contribution < -0.4 is 5.32 Å². The molecule has 1 aliphatic rings. The number of pyridine rings is 1. The van der Waals surface area contributed by atoms with Crippen LogP contribution in [0.25, 0.3) is 0 Å². The highest BCUT2D eigenvalue weighted by molar-refractivity contribution is 5.95. The van der Waals surface area contributed by atoms with E-state index in [0.29, 0.717) is 17.2 Å². The molecule has 0 unspecified atom stereocenters. The Morgan fingerprint density at radius 1 is 1.36 bits per heavy atom. The summed E-state index contributed by atoms with van der Waals surface area (Å²) in [5.74, 6) is 0.690. The number of carbonyl (C=O) groups is 1. The van der Waals surface area contributed by atoms with Gasteiger partial charge >= 0.3 is 0 Å². The third-order valence-electron chi connectivity index (χ3n) is 4.06. The van der Waals surface area contributed by atoms with E-state index in [4.69, 9.17) is 9.26 Å². The molecule has 1 N–H and O–H groups in total. The second-order valence-corrected chi connectivity index (χ2v) is 5.48. The van der Waals surface area contributed by atoms with Crippen LogP contribution in [0.5, 0.6) is 0 Å². The number of aryl methyl sites for hydroxylation is 1. The first kappa shape index (κ1) is 14.7. The average molecular weight is 301 g/mol. The first-order chi connectivity index (χ1) is 10.8. The molecule has 0 saturated carbocycles. The fraction of sp³-hybridized carbons (Fsp3) is 0.438. The predicted octanol–water partition coefficient (Wildman–Crippen LogP) is 2.28. The smallest absolute Gasteiger partial charge is 0.257 e. The maximum absolute atomic E-state index is 12.5. The van der Waals surface area contributed by atoms with Gasteiger partial charge in [0.2, 0.25) is 0 Å². The summed E-state index contributed by atoms with van der Waals surface area (Å²) < 4.78 is 10.4. The zero-order valence-electron chi connectivity index (χ0n) is 12.5. The molecule has 116 valence electrons. The summed E-state index contributed by atoms with van der Waals surface area (Å²) in [5, 5.41) is 6.78. The number of nitrogens with one attached hydrogen (secondary N) is 1. The average Bonchev–Trinajstić information content (AvgIpc) is 3.00. The van der Waals surface area contributed by atoms with Crippen molar-refractivity contribution in [2.45, 2.75) is 25.8 Å². The van der Waals surface area contributed by atoms with Crippen molar-refractivity contribution in [3.05, 3.63) is 47.6 Å². The van der Waals surface area contributed by atoms with Gasteiger partial charge in [-0.1, -0.05) is 11.2 Å². The molecule has 2 aromatic heterocycles. The standard InChI is InChI=1S/C16H19N3O3/c1-11-14(10-18-22-11)16(20)19-15(12-4-7-21-8-5-12)13-3-2-6-17-9-13/h2-3,6,9-10,12,15H,4-5,7-8H2,1H3,(H,19,20)/t15-/m1/s1. The minimum atomic E-state index is -0.168. The van der Waals surface area contributed by atoms with E-state index >= 15 is 0 Å². The fourth-order valence-electron chi connectivity index (χ4n) is 2.82. The van der Waals surface area contributed by atoms with Crippen molar-refractivity contribution in [2.24, 2.45) is 5.92 Å². The van der Waals surface area contributed by atoms with Crippen LogP contribution in [0.1, 0.15) is 40.6 Å². The minimum absolute atomic E-state index is 0.0839. The fourth-order valence-corrected chi connectivity index (χ4v) is 2.82. The minimum Gasteiger partial charge on any atom is -0.381 e. The highest BCUT2D eigenvalue weighted by atomic mass is 16.5. The molecule has 0 spiro atoms. The Morgan fingerprint density at radius 3 is 2.82 bits per heavy atom. The Morgan fingerprint density at radius 2 is 2.18 bits per heavy atom. The quantitative estimate of drug-likeness (QED) is 0.937. The highest BCUT2D eigenvalue weighted by Crippen LogP contribution is 2.30. The van der Waals surface area contributed by atoms with E-state index in [9.17, 15) is 4.79 Å². The van der Waals surface area contributed by atoms with Crippen LogP contribution >= 0.6 is 0 Å². The van der Waals surface area contributed by atoms with Crippen molar-refractivity contribution in [3.8, 4) is 0 Å². The molecule has 6 heteroatoms. The lowest BCUT2D eigenvalue weighted by Crippen LogP contribution is -2.36. The second kappa shape index (κ2) is 6.70. The molecule has 0 aliphatic carbocycles. The Hall–Kier alpha value is -2.21. The Balaban J connectivity index is 1.82. The molecule has 1 aliphatic heterocycles. The van der Waals surface area contributed by atoms with Gasteiger partial charge in [0.05, 0.1) is 12.2 Å². The van der Waals surface area contributed by atoms with Crippen LogP contribution in [0, 0.1) is 12.8 Å². The summed E-state index contributed by atoms with van der Waals surface area (Å²) in [6, 6.07) is 3.80. The molecule has 1 saturated heterocycles. The lowest BCUT2D eigenvalue weighted by molar-refractivity contribution is 0.0513. The van der Waals surface area contributed by atoms with Gasteiger partial charge < -0.3 is 14.6 Å². The van der Waals surface area contributed by atoms with Gasteiger partial charge in [0.15, 0.2) is 0 Å². The summed E-state index contributed by atoms with van der Waals surface area (Å²) in [6.45, 7) is 3.18. The third kappa shape index (κ3) is 3.17. The van der Waals surface area contributed by atoms with E-state index in [1.807, 2.05) is 12.1 Å². The summed E-state index contributed by atoms with van der Waals surface area (Å²) >= 11 is 0. The topological polar surface area (TPSA) is 77.3 Å². The SMILES string of the molecule is Cc1oncc1C(=O)N[C@@H](c1cccnc1)C1CCOCC1. The van der Waals surface area contributed by atoms with Crippen LogP contribution in [0.15, 0.2) is 35.2 Å². The van der Waals surface area contributed by atoms with E-state index in [0.717, 1.165) is 31.6 Å². The maximum Gasteiger partial charge on any atom is 0.257 e. The first-order valence-electron chi connectivity index (χ1n) is 7.45. The van der Waals surface area contributed by atoms with Crippen LogP contribution in [0.2, 0.25) is 0 Å².